The summed E-state index contributed by atoms with van der Waals surface area (Å²) in [5.41, 5.74) is 5.20. The van der Waals surface area contributed by atoms with Crippen molar-refractivity contribution in [2.24, 2.45) is 0 Å². The van der Waals surface area contributed by atoms with Gasteiger partial charge in [0.1, 0.15) is 11.2 Å². The van der Waals surface area contributed by atoms with Crippen LogP contribution in [0.1, 0.15) is 11.9 Å². The summed E-state index contributed by atoms with van der Waals surface area (Å²) in [6.45, 7) is 1.19. The normalized spacial score (nSPS) is 15.0. The molecule has 0 aromatic carbocycles. The zero-order chi connectivity index (χ0) is 18.4. The van der Waals surface area contributed by atoms with E-state index in [9.17, 15) is 0 Å². The van der Waals surface area contributed by atoms with E-state index in [1.165, 1.54) is 0 Å². The van der Waals surface area contributed by atoms with E-state index in [2.05, 4.69) is 19.9 Å². The van der Waals surface area contributed by atoms with Gasteiger partial charge in [-0.2, -0.15) is 0 Å². The highest BCUT2D eigenvalue weighted by Crippen LogP contribution is 2.36. The largest absolute Gasteiger partial charge is 0.491 e. The van der Waals surface area contributed by atoms with E-state index in [1.54, 1.807) is 20.4 Å². The Hall–Kier alpha value is -3.10. The molecule has 0 saturated carbocycles. The third kappa shape index (κ3) is 2.53. The molecule has 0 spiro atoms. The van der Waals surface area contributed by atoms with Gasteiger partial charge in [-0.1, -0.05) is 0 Å². The van der Waals surface area contributed by atoms with E-state index in [1.807, 2.05) is 24.4 Å². The molecule has 5 rings (SSSR count). The Bertz CT molecular complexity index is 1130. The Kier molecular flexibility index (Phi) is 3.73. The molecule has 27 heavy (non-hydrogen) atoms. The van der Waals surface area contributed by atoms with Gasteiger partial charge >= 0.3 is 0 Å². The van der Waals surface area contributed by atoms with Crippen molar-refractivity contribution >= 4 is 22.1 Å². The van der Waals surface area contributed by atoms with E-state index in [4.69, 9.17) is 18.9 Å². The zero-order valence-corrected chi connectivity index (χ0v) is 14.9. The molecule has 1 aliphatic rings. The number of aromatic nitrogens is 4. The average Bonchev–Trinajstić information content (AvgIpc) is 3.44. The van der Waals surface area contributed by atoms with Gasteiger partial charge in [-0.05, 0) is 12.1 Å². The van der Waals surface area contributed by atoms with Crippen LogP contribution in [0.3, 0.4) is 0 Å². The van der Waals surface area contributed by atoms with Gasteiger partial charge in [-0.3, -0.25) is 0 Å². The second-order valence-corrected chi connectivity index (χ2v) is 6.22. The summed E-state index contributed by atoms with van der Waals surface area (Å²) >= 11 is 0. The first-order chi connectivity index (χ1) is 13.3. The Morgan fingerprint density at radius 3 is 2.78 bits per heavy atom. The van der Waals surface area contributed by atoms with Gasteiger partial charge in [0, 0.05) is 35.0 Å². The van der Waals surface area contributed by atoms with Crippen LogP contribution < -0.4 is 9.47 Å². The summed E-state index contributed by atoms with van der Waals surface area (Å²) in [6, 6.07) is 5.85. The Morgan fingerprint density at radius 1 is 1.15 bits per heavy atom. The molecule has 1 aliphatic heterocycles. The summed E-state index contributed by atoms with van der Waals surface area (Å²) in [7, 11) is 3.16. The van der Waals surface area contributed by atoms with Gasteiger partial charge in [0.15, 0.2) is 12.0 Å². The number of hydrogen-bond donors (Lipinski definition) is 2. The van der Waals surface area contributed by atoms with Crippen LogP contribution in [0, 0.1) is 0 Å². The minimum atomic E-state index is -0.357. The second kappa shape index (κ2) is 6.26. The monoisotopic (exact) mass is 366 g/mol. The molecule has 1 fully saturated rings. The molecule has 4 aromatic heterocycles. The standard InChI is InChI=1S/C19H18N4O4/c1-24-15-8-14-16(23-18(15)25-2)12(9-21-14)13-7-11-10(19-26-5-6-27-19)3-4-20-17(11)22-13/h3-4,7-9,19,21H,5-6H2,1-2H3,(H,20,22). The number of methoxy groups -OCH3 is 2. The van der Waals surface area contributed by atoms with Gasteiger partial charge < -0.3 is 28.9 Å². The number of pyridine rings is 2. The SMILES string of the molecule is COc1cc2[nH]cc(-c3cc4c(C5OCCO5)ccnc4[nH]3)c2nc1OC. The molecule has 0 atom stereocenters. The predicted molar refractivity (Wildman–Crippen MR) is 98.9 cm³/mol. The van der Waals surface area contributed by atoms with Crippen molar-refractivity contribution in [2.45, 2.75) is 6.29 Å². The van der Waals surface area contributed by atoms with Crippen LogP contribution in [0.25, 0.3) is 33.3 Å². The van der Waals surface area contributed by atoms with Crippen molar-refractivity contribution < 1.29 is 18.9 Å². The summed E-state index contributed by atoms with van der Waals surface area (Å²) in [4.78, 5) is 15.7. The highest BCUT2D eigenvalue weighted by atomic mass is 16.7. The van der Waals surface area contributed by atoms with E-state index in [-0.39, 0.29) is 6.29 Å². The van der Waals surface area contributed by atoms with Crippen molar-refractivity contribution in [3.05, 3.63) is 36.2 Å². The lowest BCUT2D eigenvalue weighted by Gasteiger charge is -2.09. The fraction of sp³-hybridized carbons (Fsp3) is 0.263. The number of ether oxygens (including phenoxy) is 4. The molecule has 5 heterocycles. The molecule has 0 amide bonds. The minimum Gasteiger partial charge on any atom is -0.491 e. The van der Waals surface area contributed by atoms with Gasteiger partial charge in [0.25, 0.3) is 5.88 Å². The lowest BCUT2D eigenvalue weighted by atomic mass is 10.1. The zero-order valence-electron chi connectivity index (χ0n) is 14.9. The second-order valence-electron chi connectivity index (χ2n) is 6.22. The number of H-pyrrole nitrogens is 2. The van der Waals surface area contributed by atoms with Crippen molar-refractivity contribution in [2.75, 3.05) is 27.4 Å². The highest BCUT2D eigenvalue weighted by Gasteiger charge is 2.22. The van der Waals surface area contributed by atoms with Crippen molar-refractivity contribution in [3.63, 3.8) is 0 Å². The van der Waals surface area contributed by atoms with Gasteiger partial charge in [-0.15, -0.1) is 0 Å². The smallest absolute Gasteiger partial charge is 0.257 e. The fourth-order valence-electron chi connectivity index (χ4n) is 3.45. The number of aromatic amines is 2. The summed E-state index contributed by atoms with van der Waals surface area (Å²) < 4.78 is 22.0. The first kappa shape index (κ1) is 16.1. The predicted octanol–water partition coefficient (Wildman–Crippen LogP) is 3.17. The molecule has 0 aliphatic carbocycles. The first-order valence-electron chi connectivity index (χ1n) is 8.60. The van der Waals surface area contributed by atoms with Crippen molar-refractivity contribution in [3.8, 4) is 22.9 Å². The van der Waals surface area contributed by atoms with Crippen LogP contribution in [-0.2, 0) is 9.47 Å². The van der Waals surface area contributed by atoms with E-state index in [0.717, 1.165) is 38.9 Å². The van der Waals surface area contributed by atoms with Crippen molar-refractivity contribution in [1.29, 1.82) is 0 Å². The average molecular weight is 366 g/mol. The number of nitrogens with zero attached hydrogens (tertiary/aromatic N) is 2. The Labute approximate surface area is 154 Å². The molecule has 1 saturated heterocycles. The number of rotatable bonds is 4. The molecule has 0 radical (unpaired) electrons. The minimum absolute atomic E-state index is 0.357. The van der Waals surface area contributed by atoms with Gasteiger partial charge in [-0.25, -0.2) is 9.97 Å². The summed E-state index contributed by atoms with van der Waals surface area (Å²) in [5, 5.41) is 0.967. The molecule has 2 N–H and O–H groups in total. The molecule has 8 nitrogen and oxygen atoms in total. The molecular weight excluding hydrogens is 348 g/mol. The lowest BCUT2D eigenvalue weighted by molar-refractivity contribution is -0.0430. The van der Waals surface area contributed by atoms with Crippen LogP contribution in [0.2, 0.25) is 0 Å². The number of fused-ring (bicyclic) bond motifs is 2. The number of nitrogens with one attached hydrogen (secondary N) is 2. The van der Waals surface area contributed by atoms with Crippen LogP contribution in [0.15, 0.2) is 30.6 Å². The van der Waals surface area contributed by atoms with E-state index < -0.39 is 0 Å². The Balaban J connectivity index is 1.66. The molecule has 138 valence electrons. The summed E-state index contributed by atoms with van der Waals surface area (Å²) in [6.07, 6.45) is 3.30. The van der Waals surface area contributed by atoms with Crippen LogP contribution in [0.4, 0.5) is 0 Å². The van der Waals surface area contributed by atoms with Gasteiger partial charge in [0.05, 0.1) is 38.6 Å². The fourth-order valence-corrected chi connectivity index (χ4v) is 3.45. The van der Waals surface area contributed by atoms with Crippen LogP contribution in [-0.4, -0.2) is 47.4 Å². The van der Waals surface area contributed by atoms with E-state index >= 15 is 0 Å². The van der Waals surface area contributed by atoms with E-state index in [0.29, 0.717) is 24.8 Å². The maximum absolute atomic E-state index is 5.66. The molecule has 0 bridgehead atoms. The van der Waals surface area contributed by atoms with Crippen LogP contribution in [0.5, 0.6) is 11.6 Å². The number of hydrogen-bond acceptors (Lipinski definition) is 6. The molecular formula is C19H18N4O4. The van der Waals surface area contributed by atoms with Crippen LogP contribution >= 0.6 is 0 Å². The highest BCUT2D eigenvalue weighted by molar-refractivity contribution is 5.96. The third-order valence-corrected chi connectivity index (χ3v) is 4.73. The topological polar surface area (TPSA) is 94.3 Å². The Morgan fingerprint density at radius 2 is 2.00 bits per heavy atom. The summed E-state index contributed by atoms with van der Waals surface area (Å²) in [5.74, 6) is 1.02. The maximum Gasteiger partial charge on any atom is 0.257 e. The third-order valence-electron chi connectivity index (χ3n) is 4.73. The molecule has 8 heteroatoms. The maximum atomic E-state index is 5.66. The van der Waals surface area contributed by atoms with Gasteiger partial charge in [0.2, 0.25) is 0 Å². The van der Waals surface area contributed by atoms with Crippen molar-refractivity contribution in [1.82, 2.24) is 19.9 Å². The molecule has 0 unspecified atom stereocenters. The lowest BCUT2D eigenvalue weighted by Crippen LogP contribution is -1.98. The molecule has 4 aromatic rings. The quantitative estimate of drug-likeness (QED) is 0.576. The first-order valence-corrected chi connectivity index (χ1v) is 8.60.